The Labute approximate surface area is 114 Å². The van der Waals surface area contributed by atoms with Gasteiger partial charge in [-0.15, -0.1) is 0 Å². The predicted octanol–water partition coefficient (Wildman–Crippen LogP) is 0.994. The molecule has 0 unspecified atom stereocenters. The van der Waals surface area contributed by atoms with E-state index in [-0.39, 0.29) is 10.8 Å². The minimum Gasteiger partial charge on any atom is -0.390 e. The van der Waals surface area contributed by atoms with Gasteiger partial charge in [0.2, 0.25) is 0 Å². The van der Waals surface area contributed by atoms with Gasteiger partial charge in [0.1, 0.15) is 11.7 Å². The van der Waals surface area contributed by atoms with Crippen LogP contribution in [0.15, 0.2) is 12.2 Å². The van der Waals surface area contributed by atoms with E-state index in [9.17, 15) is 15.3 Å². The zero-order valence-electron chi connectivity index (χ0n) is 11.9. The zero-order valence-corrected chi connectivity index (χ0v) is 11.9. The minimum absolute atomic E-state index is 0.176. The molecule has 2 fully saturated rings. The number of ether oxygens (including phenoxy) is 1. The van der Waals surface area contributed by atoms with Crippen molar-refractivity contribution in [1.29, 1.82) is 0 Å². The second-order valence-electron chi connectivity index (χ2n) is 7.33. The van der Waals surface area contributed by atoms with Crippen LogP contribution in [0.5, 0.6) is 0 Å². The van der Waals surface area contributed by atoms with Gasteiger partial charge in [-0.2, -0.15) is 0 Å². The van der Waals surface area contributed by atoms with Crippen LogP contribution in [0.1, 0.15) is 40.0 Å². The second kappa shape index (κ2) is 3.61. The summed E-state index contributed by atoms with van der Waals surface area (Å²) in [5.41, 5.74) is -1.83. The molecule has 1 aliphatic heterocycles. The Morgan fingerprint density at radius 1 is 1.11 bits per heavy atom. The molecule has 0 aromatic heterocycles. The molecule has 1 spiro atoms. The highest BCUT2D eigenvalue weighted by Gasteiger charge is 2.74. The molecule has 1 saturated heterocycles. The SMILES string of the molecule is C[C@@]1([C@@]2(C)C=C[C@@](C)(O)CC2)C[C@@H](O)[C@@H](O)[C@]12CO2. The number of aliphatic hydroxyl groups is 3. The van der Waals surface area contributed by atoms with Crippen LogP contribution in [0, 0.1) is 10.8 Å². The fraction of sp³-hybridized carbons (Fsp3) is 0.867. The van der Waals surface area contributed by atoms with Crippen molar-refractivity contribution in [3.8, 4) is 0 Å². The summed E-state index contributed by atoms with van der Waals surface area (Å²) < 4.78 is 5.62. The minimum atomic E-state index is -0.801. The number of hydrogen-bond donors (Lipinski definition) is 3. The molecule has 108 valence electrons. The lowest BCUT2D eigenvalue weighted by Gasteiger charge is -2.48. The number of rotatable bonds is 1. The molecule has 0 bridgehead atoms. The average Bonchev–Trinajstić information content (AvgIpc) is 3.10. The van der Waals surface area contributed by atoms with Crippen molar-refractivity contribution in [2.24, 2.45) is 10.8 Å². The molecule has 3 aliphatic rings. The van der Waals surface area contributed by atoms with Crippen LogP contribution in [0.4, 0.5) is 0 Å². The Hall–Kier alpha value is -0.420. The van der Waals surface area contributed by atoms with Gasteiger partial charge in [0, 0.05) is 5.41 Å². The zero-order chi connectivity index (χ0) is 14.1. The molecule has 4 heteroatoms. The Morgan fingerprint density at radius 3 is 2.21 bits per heavy atom. The van der Waals surface area contributed by atoms with Gasteiger partial charge in [0.25, 0.3) is 0 Å². The van der Waals surface area contributed by atoms with Crippen molar-refractivity contribution >= 4 is 0 Å². The van der Waals surface area contributed by atoms with Crippen LogP contribution in [-0.4, -0.2) is 45.3 Å². The molecule has 3 N–H and O–H groups in total. The van der Waals surface area contributed by atoms with Gasteiger partial charge < -0.3 is 20.1 Å². The maximum Gasteiger partial charge on any atom is 0.126 e. The quantitative estimate of drug-likeness (QED) is 0.490. The number of allylic oxidation sites excluding steroid dienone is 1. The van der Waals surface area contributed by atoms with Crippen molar-refractivity contribution < 1.29 is 20.1 Å². The van der Waals surface area contributed by atoms with Crippen LogP contribution in [0.3, 0.4) is 0 Å². The molecule has 6 atom stereocenters. The Morgan fingerprint density at radius 2 is 1.74 bits per heavy atom. The van der Waals surface area contributed by atoms with Gasteiger partial charge in [-0.3, -0.25) is 0 Å². The lowest BCUT2D eigenvalue weighted by atomic mass is 9.55. The van der Waals surface area contributed by atoms with Gasteiger partial charge in [-0.1, -0.05) is 26.0 Å². The standard InChI is InChI=1S/C15H24O4/c1-12(4-6-13(2,18)7-5-12)14(3)8-10(16)11(17)15(14)9-19-15/h4,6,10-11,16-18H,5,7-9H2,1-3H3/t10-,11-,12+,13-,14+,15-/m1/s1. The van der Waals surface area contributed by atoms with Crippen LogP contribution in [0.2, 0.25) is 0 Å². The number of aliphatic hydroxyl groups excluding tert-OH is 2. The normalized spacial score (nSPS) is 60.7. The van der Waals surface area contributed by atoms with Crippen molar-refractivity contribution in [3.63, 3.8) is 0 Å². The van der Waals surface area contributed by atoms with Gasteiger partial charge in [-0.05, 0) is 31.6 Å². The number of epoxide rings is 1. The molecule has 0 aromatic carbocycles. The molecule has 0 aromatic rings. The molecule has 1 saturated carbocycles. The third kappa shape index (κ3) is 1.60. The van der Waals surface area contributed by atoms with E-state index < -0.39 is 23.4 Å². The van der Waals surface area contributed by atoms with E-state index in [0.29, 0.717) is 19.4 Å². The molecule has 0 radical (unpaired) electrons. The molecule has 19 heavy (non-hydrogen) atoms. The van der Waals surface area contributed by atoms with E-state index in [2.05, 4.69) is 19.9 Å². The highest BCUT2D eigenvalue weighted by Crippen LogP contribution is 2.66. The van der Waals surface area contributed by atoms with Crippen molar-refractivity contribution in [2.75, 3.05) is 6.61 Å². The third-order valence-electron chi connectivity index (χ3n) is 6.07. The first-order valence-corrected chi connectivity index (χ1v) is 7.09. The van der Waals surface area contributed by atoms with Crippen LogP contribution in [0.25, 0.3) is 0 Å². The van der Waals surface area contributed by atoms with Crippen LogP contribution >= 0.6 is 0 Å². The fourth-order valence-corrected chi connectivity index (χ4v) is 4.13. The van der Waals surface area contributed by atoms with E-state index in [1.54, 1.807) is 0 Å². The fourth-order valence-electron chi connectivity index (χ4n) is 4.13. The van der Waals surface area contributed by atoms with Gasteiger partial charge in [-0.25, -0.2) is 0 Å². The highest BCUT2D eigenvalue weighted by molar-refractivity contribution is 5.27. The van der Waals surface area contributed by atoms with Gasteiger partial charge in [0.05, 0.1) is 18.3 Å². The third-order valence-corrected chi connectivity index (χ3v) is 6.07. The Balaban J connectivity index is 1.98. The first-order valence-electron chi connectivity index (χ1n) is 7.09. The monoisotopic (exact) mass is 268 g/mol. The topological polar surface area (TPSA) is 73.2 Å². The summed E-state index contributed by atoms with van der Waals surface area (Å²) in [6, 6.07) is 0. The second-order valence-corrected chi connectivity index (χ2v) is 7.33. The molecule has 3 rings (SSSR count). The summed E-state index contributed by atoms with van der Waals surface area (Å²) in [6.07, 6.45) is 4.46. The number of hydrogen-bond acceptors (Lipinski definition) is 4. The lowest BCUT2D eigenvalue weighted by Crippen LogP contribution is -2.50. The Kier molecular flexibility index (Phi) is 2.58. The van der Waals surface area contributed by atoms with Crippen LogP contribution in [-0.2, 0) is 4.74 Å². The van der Waals surface area contributed by atoms with Gasteiger partial charge in [0.15, 0.2) is 0 Å². The highest BCUT2D eigenvalue weighted by atomic mass is 16.6. The maximum absolute atomic E-state index is 10.2. The largest absolute Gasteiger partial charge is 0.390 e. The average molecular weight is 268 g/mol. The molecule has 1 heterocycles. The molecular formula is C15H24O4. The lowest BCUT2D eigenvalue weighted by molar-refractivity contribution is -0.0359. The summed E-state index contributed by atoms with van der Waals surface area (Å²) >= 11 is 0. The molecule has 4 nitrogen and oxygen atoms in total. The molecule has 0 amide bonds. The van der Waals surface area contributed by atoms with E-state index >= 15 is 0 Å². The Bertz CT molecular complexity index is 426. The van der Waals surface area contributed by atoms with E-state index in [1.165, 1.54) is 0 Å². The first kappa shape index (κ1) is 13.6. The summed E-state index contributed by atoms with van der Waals surface area (Å²) in [4.78, 5) is 0. The summed E-state index contributed by atoms with van der Waals surface area (Å²) in [5.74, 6) is 0. The van der Waals surface area contributed by atoms with Crippen molar-refractivity contribution in [2.45, 2.75) is 63.4 Å². The summed E-state index contributed by atoms with van der Waals surface area (Å²) in [6.45, 7) is 6.57. The smallest absolute Gasteiger partial charge is 0.126 e. The van der Waals surface area contributed by atoms with Crippen LogP contribution < -0.4 is 0 Å². The predicted molar refractivity (Wildman–Crippen MR) is 70.5 cm³/mol. The van der Waals surface area contributed by atoms with E-state index in [4.69, 9.17) is 4.74 Å². The molecular weight excluding hydrogens is 244 g/mol. The van der Waals surface area contributed by atoms with Gasteiger partial charge >= 0.3 is 0 Å². The summed E-state index contributed by atoms with van der Waals surface area (Å²) in [7, 11) is 0. The van der Waals surface area contributed by atoms with E-state index in [0.717, 1.165) is 6.42 Å². The van der Waals surface area contributed by atoms with Crippen molar-refractivity contribution in [3.05, 3.63) is 12.2 Å². The maximum atomic E-state index is 10.2. The van der Waals surface area contributed by atoms with E-state index in [1.807, 2.05) is 13.0 Å². The summed E-state index contributed by atoms with van der Waals surface area (Å²) in [5, 5.41) is 30.3. The van der Waals surface area contributed by atoms with Crippen molar-refractivity contribution in [1.82, 2.24) is 0 Å². The first-order chi connectivity index (χ1) is 8.66. The molecule has 2 aliphatic carbocycles.